The molecule has 7 nitrogen and oxygen atoms in total. The number of amides is 1. The first-order chi connectivity index (χ1) is 13.7. The van der Waals surface area contributed by atoms with Gasteiger partial charge in [0.2, 0.25) is 5.91 Å². The molecule has 0 radical (unpaired) electrons. The first-order valence-corrected chi connectivity index (χ1v) is 9.11. The second-order valence-electron chi connectivity index (χ2n) is 6.50. The van der Waals surface area contributed by atoms with Gasteiger partial charge in [-0.3, -0.25) is 4.79 Å². The highest BCUT2D eigenvalue weighted by Gasteiger charge is 2.11. The summed E-state index contributed by atoms with van der Waals surface area (Å²) in [6.07, 6.45) is 1.52. The van der Waals surface area contributed by atoms with Crippen molar-refractivity contribution in [2.45, 2.75) is 0 Å². The van der Waals surface area contributed by atoms with Crippen molar-refractivity contribution in [2.75, 3.05) is 36.5 Å². The lowest BCUT2D eigenvalue weighted by Crippen LogP contribution is -2.36. The quantitative estimate of drug-likeness (QED) is 0.712. The molecule has 0 saturated carbocycles. The third kappa shape index (κ3) is 4.10. The molecule has 0 spiro atoms. The number of anilines is 3. The monoisotopic (exact) mass is 375 g/mol. The number of primary amides is 1. The minimum atomic E-state index is -0.447. The van der Waals surface area contributed by atoms with E-state index >= 15 is 0 Å². The van der Waals surface area contributed by atoms with Gasteiger partial charge in [-0.25, -0.2) is 9.97 Å². The van der Waals surface area contributed by atoms with Crippen LogP contribution in [0.2, 0.25) is 0 Å². The second-order valence-corrected chi connectivity index (χ2v) is 6.50. The average Bonchev–Trinajstić information content (AvgIpc) is 2.75. The van der Waals surface area contributed by atoms with Crippen LogP contribution in [0.25, 0.3) is 11.3 Å². The lowest BCUT2D eigenvalue weighted by Gasteiger charge is -2.28. The van der Waals surface area contributed by atoms with E-state index < -0.39 is 5.91 Å². The van der Waals surface area contributed by atoms with E-state index in [1.807, 2.05) is 30.3 Å². The van der Waals surface area contributed by atoms with Gasteiger partial charge < -0.3 is 20.7 Å². The van der Waals surface area contributed by atoms with Gasteiger partial charge in [-0.1, -0.05) is 12.1 Å². The van der Waals surface area contributed by atoms with Crippen LogP contribution in [0.15, 0.2) is 60.9 Å². The fourth-order valence-electron chi connectivity index (χ4n) is 3.11. The van der Waals surface area contributed by atoms with Crippen LogP contribution < -0.4 is 16.0 Å². The number of morpholine rings is 1. The first kappa shape index (κ1) is 17.9. The van der Waals surface area contributed by atoms with Gasteiger partial charge in [0, 0.05) is 41.7 Å². The van der Waals surface area contributed by atoms with E-state index in [-0.39, 0.29) is 0 Å². The molecule has 0 aliphatic carbocycles. The lowest BCUT2D eigenvalue weighted by molar-refractivity contribution is 0.100. The van der Waals surface area contributed by atoms with E-state index in [0.29, 0.717) is 11.4 Å². The molecule has 1 aliphatic heterocycles. The van der Waals surface area contributed by atoms with Gasteiger partial charge in [0.05, 0.1) is 18.9 Å². The van der Waals surface area contributed by atoms with Crippen LogP contribution in [0.4, 0.5) is 17.2 Å². The molecule has 1 aromatic heterocycles. The number of hydrogen-bond acceptors (Lipinski definition) is 6. The maximum atomic E-state index is 11.2. The maximum absolute atomic E-state index is 11.2. The standard InChI is InChI=1S/C21H21N5O2/c22-21(27)16-3-1-15(2-4-16)19-13-20(24-14-23-19)25-17-5-7-18(8-6-17)26-9-11-28-12-10-26/h1-8,13-14H,9-12H2,(H2,22,27)(H,23,24,25). The van der Waals surface area contributed by atoms with Crippen molar-refractivity contribution >= 4 is 23.1 Å². The number of aromatic nitrogens is 2. The highest BCUT2D eigenvalue weighted by molar-refractivity contribution is 5.93. The van der Waals surface area contributed by atoms with E-state index in [1.54, 1.807) is 12.1 Å². The number of nitrogens with two attached hydrogens (primary N) is 1. The molecule has 0 unspecified atom stereocenters. The molecule has 0 bridgehead atoms. The molecule has 1 aliphatic rings. The minimum absolute atomic E-state index is 0.447. The molecule has 1 saturated heterocycles. The number of nitrogens with one attached hydrogen (secondary N) is 1. The van der Waals surface area contributed by atoms with Gasteiger partial charge in [0.25, 0.3) is 0 Å². The summed E-state index contributed by atoms with van der Waals surface area (Å²) in [5, 5.41) is 3.31. The molecular weight excluding hydrogens is 354 g/mol. The van der Waals surface area contributed by atoms with Gasteiger partial charge in [-0.2, -0.15) is 0 Å². The van der Waals surface area contributed by atoms with Crippen molar-refractivity contribution in [3.8, 4) is 11.3 Å². The molecule has 28 heavy (non-hydrogen) atoms. The average molecular weight is 375 g/mol. The van der Waals surface area contributed by atoms with Crippen LogP contribution in [0.3, 0.4) is 0 Å². The number of ether oxygens (including phenoxy) is 1. The summed E-state index contributed by atoms with van der Waals surface area (Å²) in [5.41, 5.74) is 9.54. The van der Waals surface area contributed by atoms with Crippen molar-refractivity contribution < 1.29 is 9.53 Å². The molecule has 0 atom stereocenters. The summed E-state index contributed by atoms with van der Waals surface area (Å²) >= 11 is 0. The third-order valence-corrected chi connectivity index (χ3v) is 4.65. The zero-order chi connectivity index (χ0) is 19.3. The smallest absolute Gasteiger partial charge is 0.248 e. The van der Waals surface area contributed by atoms with Crippen molar-refractivity contribution in [3.05, 3.63) is 66.5 Å². The topological polar surface area (TPSA) is 93.4 Å². The summed E-state index contributed by atoms with van der Waals surface area (Å²) in [7, 11) is 0. The highest BCUT2D eigenvalue weighted by atomic mass is 16.5. The number of nitrogens with zero attached hydrogens (tertiary/aromatic N) is 3. The Hall–Kier alpha value is -3.45. The van der Waals surface area contributed by atoms with Gasteiger partial charge in [-0.05, 0) is 36.4 Å². The van der Waals surface area contributed by atoms with Crippen molar-refractivity contribution in [2.24, 2.45) is 5.73 Å². The van der Waals surface area contributed by atoms with E-state index in [1.165, 1.54) is 12.0 Å². The highest BCUT2D eigenvalue weighted by Crippen LogP contribution is 2.23. The molecule has 3 aromatic rings. The van der Waals surface area contributed by atoms with Crippen LogP contribution >= 0.6 is 0 Å². The fourth-order valence-corrected chi connectivity index (χ4v) is 3.11. The van der Waals surface area contributed by atoms with Gasteiger partial charge in [0.1, 0.15) is 12.1 Å². The largest absolute Gasteiger partial charge is 0.378 e. The normalized spacial score (nSPS) is 13.9. The molecular formula is C21H21N5O2. The zero-order valence-corrected chi connectivity index (χ0v) is 15.3. The van der Waals surface area contributed by atoms with Crippen molar-refractivity contribution in [3.63, 3.8) is 0 Å². The van der Waals surface area contributed by atoms with Crippen LogP contribution in [0, 0.1) is 0 Å². The minimum Gasteiger partial charge on any atom is -0.378 e. The first-order valence-electron chi connectivity index (χ1n) is 9.11. The molecule has 2 heterocycles. The molecule has 142 valence electrons. The Morgan fingerprint density at radius 3 is 2.39 bits per heavy atom. The Labute approximate surface area is 163 Å². The Morgan fingerprint density at radius 2 is 1.71 bits per heavy atom. The van der Waals surface area contributed by atoms with E-state index in [0.717, 1.165) is 43.2 Å². The van der Waals surface area contributed by atoms with E-state index in [9.17, 15) is 4.79 Å². The fraction of sp³-hybridized carbons (Fsp3) is 0.190. The number of benzene rings is 2. The SMILES string of the molecule is NC(=O)c1ccc(-c2cc(Nc3ccc(N4CCOCC4)cc3)ncn2)cc1. The third-order valence-electron chi connectivity index (χ3n) is 4.65. The Morgan fingerprint density at radius 1 is 1.00 bits per heavy atom. The summed E-state index contributed by atoms with van der Waals surface area (Å²) in [6.45, 7) is 3.36. The summed E-state index contributed by atoms with van der Waals surface area (Å²) < 4.78 is 5.40. The Balaban J connectivity index is 1.48. The van der Waals surface area contributed by atoms with Gasteiger partial charge in [-0.15, -0.1) is 0 Å². The molecule has 1 fully saturated rings. The molecule has 1 amide bonds. The number of carbonyl (C=O) groups is 1. The van der Waals surface area contributed by atoms with E-state index in [4.69, 9.17) is 10.5 Å². The Bertz CT molecular complexity index is 951. The second kappa shape index (κ2) is 8.06. The summed E-state index contributed by atoms with van der Waals surface area (Å²) in [5.74, 6) is 0.250. The van der Waals surface area contributed by atoms with Gasteiger partial charge >= 0.3 is 0 Å². The number of hydrogen-bond donors (Lipinski definition) is 2. The molecule has 2 aromatic carbocycles. The summed E-state index contributed by atoms with van der Waals surface area (Å²) in [4.78, 5) is 22.1. The molecule has 4 rings (SSSR count). The molecule has 3 N–H and O–H groups in total. The van der Waals surface area contributed by atoms with Gasteiger partial charge in [0.15, 0.2) is 0 Å². The zero-order valence-electron chi connectivity index (χ0n) is 15.3. The summed E-state index contributed by atoms with van der Waals surface area (Å²) in [6, 6.07) is 17.2. The van der Waals surface area contributed by atoms with Crippen molar-refractivity contribution in [1.29, 1.82) is 0 Å². The van der Waals surface area contributed by atoms with Crippen LogP contribution in [0.1, 0.15) is 10.4 Å². The Kier molecular flexibility index (Phi) is 5.16. The number of rotatable bonds is 5. The maximum Gasteiger partial charge on any atom is 0.248 e. The molecule has 7 heteroatoms. The lowest BCUT2D eigenvalue weighted by atomic mass is 10.1. The van der Waals surface area contributed by atoms with Crippen LogP contribution in [-0.4, -0.2) is 42.2 Å². The predicted octanol–water partition coefficient (Wildman–Crippen LogP) is 2.82. The van der Waals surface area contributed by atoms with E-state index in [2.05, 4.69) is 32.3 Å². The van der Waals surface area contributed by atoms with Crippen LogP contribution in [0.5, 0.6) is 0 Å². The number of carbonyl (C=O) groups excluding carboxylic acids is 1. The van der Waals surface area contributed by atoms with Crippen LogP contribution in [-0.2, 0) is 4.74 Å². The predicted molar refractivity (Wildman–Crippen MR) is 109 cm³/mol. The van der Waals surface area contributed by atoms with Crippen molar-refractivity contribution in [1.82, 2.24) is 9.97 Å².